The first kappa shape index (κ1) is 42.2. The second kappa shape index (κ2) is 17.7. The average molecular weight is 841 g/mol. The Kier molecular flexibility index (Phi) is 11.9. The van der Waals surface area contributed by atoms with E-state index in [0.717, 1.165) is 50.8 Å². The van der Waals surface area contributed by atoms with Gasteiger partial charge in [-0.2, -0.15) is 0 Å². The van der Waals surface area contributed by atoms with Gasteiger partial charge in [-0.1, -0.05) is 93.6 Å². The molecule has 2 aromatic heterocycles. The molecule has 0 N–H and O–H groups in total. The van der Waals surface area contributed by atoms with Gasteiger partial charge in [0, 0.05) is 71.3 Å². The molecule has 0 spiro atoms. The fourth-order valence-corrected chi connectivity index (χ4v) is 14.1. The molecule has 6 nitrogen and oxygen atoms in total. The zero-order valence-corrected chi connectivity index (χ0v) is 38.0. The SMILES string of the molecule is C=CCOC(c1ccnc2ccccc12)C1CC2CC[N+]1(Cc1ccc3ccc(C[N+]45CCC(C(CC)C4)C(C)C5C(OCC=C)c4ccnc5ccccc45)cc3c1)CC2CC. The van der Waals surface area contributed by atoms with Crippen molar-refractivity contribution in [1.82, 2.24) is 9.97 Å². The van der Waals surface area contributed by atoms with E-state index in [-0.39, 0.29) is 12.2 Å². The van der Waals surface area contributed by atoms with Gasteiger partial charge in [-0.25, -0.2) is 0 Å². The predicted molar refractivity (Wildman–Crippen MR) is 258 cm³/mol. The molecule has 0 saturated carbocycles. The van der Waals surface area contributed by atoms with Crippen molar-refractivity contribution in [2.75, 3.05) is 39.4 Å². The van der Waals surface area contributed by atoms with Crippen LogP contribution < -0.4 is 0 Å². The lowest BCUT2D eigenvalue weighted by Crippen LogP contribution is -2.71. The number of hydrogen-bond donors (Lipinski definition) is 0. The number of para-hydroxylation sites is 2. The van der Waals surface area contributed by atoms with Crippen LogP contribution >= 0.6 is 0 Å². The number of pyridine rings is 2. The molecule has 6 aliphatic rings. The highest BCUT2D eigenvalue weighted by atomic mass is 16.5. The van der Waals surface area contributed by atoms with E-state index < -0.39 is 0 Å². The summed E-state index contributed by atoms with van der Waals surface area (Å²) in [4.78, 5) is 9.53. The zero-order chi connectivity index (χ0) is 43.1. The van der Waals surface area contributed by atoms with Crippen LogP contribution in [0, 0.1) is 29.6 Å². The van der Waals surface area contributed by atoms with Crippen LogP contribution in [-0.4, -0.2) is 70.4 Å². The quantitative estimate of drug-likeness (QED) is 0.0719. The number of piperidine rings is 6. The Morgan fingerprint density at radius 1 is 0.667 bits per heavy atom. The number of quaternary nitrogens is 2. The monoisotopic (exact) mass is 841 g/mol. The maximum Gasteiger partial charge on any atom is 0.136 e. The van der Waals surface area contributed by atoms with Crippen molar-refractivity contribution in [3.63, 3.8) is 0 Å². The molecule has 63 heavy (non-hydrogen) atoms. The second-order valence-corrected chi connectivity index (χ2v) is 20.0. The van der Waals surface area contributed by atoms with E-state index in [0.29, 0.717) is 37.1 Å². The van der Waals surface area contributed by atoms with Gasteiger partial charge in [0.05, 0.1) is 50.4 Å². The minimum atomic E-state index is -0.0505. The molecule has 6 aromatic rings. The van der Waals surface area contributed by atoms with Gasteiger partial charge in [0.25, 0.3) is 0 Å². The standard InChI is InChI=1S/C57H68N4O2/c1-6-30-62-56(50-22-26-58-52-16-12-10-14-48(50)52)54-34-45-24-28-60(54,37-42(45)8-3)35-40-18-20-44-21-19-41(33-46(44)32-40)36-61-29-25-47(43(9-4)38-61)39(5)55(61)57(63-31-7-2)51-23-27-59-53-17-13-11-15-49(51)53/h6-7,10-23,26-27,32-33,39,42-43,45,47,54-57H,1-2,8-9,24-25,28-31,34-38H2,3-5H3/q+2. The van der Waals surface area contributed by atoms with Gasteiger partial charge < -0.3 is 18.4 Å². The number of nitrogens with zero attached hydrogens (tertiary/aromatic N) is 4. The van der Waals surface area contributed by atoms with Crippen molar-refractivity contribution in [1.29, 1.82) is 0 Å². The van der Waals surface area contributed by atoms with Gasteiger partial charge in [0.1, 0.15) is 37.4 Å². The summed E-state index contributed by atoms with van der Waals surface area (Å²) in [6.45, 7) is 23.5. The molecule has 6 heteroatoms. The van der Waals surface area contributed by atoms with Crippen molar-refractivity contribution in [3.05, 3.63) is 157 Å². The summed E-state index contributed by atoms with van der Waals surface area (Å²) in [5, 5.41) is 5.10. The minimum absolute atomic E-state index is 0.0297. The van der Waals surface area contributed by atoms with Gasteiger partial charge in [-0.05, 0) is 83.0 Å². The van der Waals surface area contributed by atoms with Crippen LogP contribution in [0.1, 0.15) is 87.3 Å². The lowest BCUT2D eigenvalue weighted by atomic mass is 9.64. The van der Waals surface area contributed by atoms with Gasteiger partial charge in [-0.3, -0.25) is 9.97 Å². The van der Waals surface area contributed by atoms with Crippen LogP contribution in [0.25, 0.3) is 32.6 Å². The van der Waals surface area contributed by atoms with Crippen LogP contribution in [0.4, 0.5) is 0 Å². The molecule has 6 fully saturated rings. The molecule has 0 amide bonds. The van der Waals surface area contributed by atoms with Crippen molar-refractivity contribution in [3.8, 4) is 0 Å². The molecule has 326 valence electrons. The fourth-order valence-electron chi connectivity index (χ4n) is 14.1. The molecule has 4 bridgehead atoms. The maximum absolute atomic E-state index is 6.99. The zero-order valence-electron chi connectivity index (χ0n) is 38.0. The summed E-state index contributed by atoms with van der Waals surface area (Å²) in [5.74, 6) is 3.44. The second-order valence-electron chi connectivity index (χ2n) is 20.0. The van der Waals surface area contributed by atoms with E-state index in [1.165, 1.54) is 102 Å². The highest BCUT2D eigenvalue weighted by molar-refractivity contribution is 5.84. The lowest BCUT2D eigenvalue weighted by Gasteiger charge is -2.62. The highest BCUT2D eigenvalue weighted by Gasteiger charge is 2.59. The van der Waals surface area contributed by atoms with Crippen molar-refractivity contribution in [2.45, 2.75) is 90.3 Å². The number of benzene rings is 4. The highest BCUT2D eigenvalue weighted by Crippen LogP contribution is 2.53. The molecule has 0 aliphatic carbocycles. The van der Waals surface area contributed by atoms with Crippen LogP contribution in [0.3, 0.4) is 0 Å². The summed E-state index contributed by atoms with van der Waals surface area (Å²) < 4.78 is 16.1. The Hall–Kier alpha value is -4.72. The number of rotatable bonds is 16. The average Bonchev–Trinajstić information content (AvgIpc) is 3.32. The Morgan fingerprint density at radius 2 is 1.24 bits per heavy atom. The van der Waals surface area contributed by atoms with Crippen LogP contribution in [0.15, 0.2) is 135 Å². The Bertz CT molecular complexity index is 2600. The van der Waals surface area contributed by atoms with Crippen molar-refractivity contribution >= 4 is 32.6 Å². The van der Waals surface area contributed by atoms with Crippen molar-refractivity contribution in [2.24, 2.45) is 29.6 Å². The summed E-state index contributed by atoms with van der Waals surface area (Å²) in [5.41, 5.74) is 7.50. The number of aromatic nitrogens is 2. The Balaban J connectivity index is 1.01. The predicted octanol–water partition coefficient (Wildman–Crippen LogP) is 12.3. The van der Waals surface area contributed by atoms with E-state index in [4.69, 9.17) is 19.4 Å². The summed E-state index contributed by atoms with van der Waals surface area (Å²) >= 11 is 0. The molecule has 6 saturated heterocycles. The lowest BCUT2D eigenvalue weighted by molar-refractivity contribution is -0.990. The van der Waals surface area contributed by atoms with Gasteiger partial charge in [0.15, 0.2) is 0 Å². The summed E-state index contributed by atoms with van der Waals surface area (Å²) in [6, 6.07) is 37.1. The minimum Gasteiger partial charge on any atom is -0.363 e. The van der Waals surface area contributed by atoms with E-state index in [9.17, 15) is 0 Å². The normalized spacial score (nSPS) is 29.9. The van der Waals surface area contributed by atoms with E-state index in [1.807, 2.05) is 24.5 Å². The van der Waals surface area contributed by atoms with Gasteiger partial charge in [0.2, 0.25) is 0 Å². The van der Waals surface area contributed by atoms with Crippen molar-refractivity contribution < 1.29 is 18.4 Å². The Morgan fingerprint density at radius 3 is 1.87 bits per heavy atom. The van der Waals surface area contributed by atoms with Gasteiger partial charge in [-0.15, -0.1) is 13.2 Å². The van der Waals surface area contributed by atoms with Crippen LogP contribution in [0.5, 0.6) is 0 Å². The maximum atomic E-state index is 6.99. The third-order valence-corrected chi connectivity index (χ3v) is 16.9. The smallest absolute Gasteiger partial charge is 0.136 e. The molecular formula is C57H68N4O2+2. The third kappa shape index (κ3) is 7.65. The van der Waals surface area contributed by atoms with Crippen LogP contribution in [0.2, 0.25) is 0 Å². The molecule has 12 rings (SSSR count). The third-order valence-electron chi connectivity index (χ3n) is 16.9. The molecule has 8 heterocycles. The number of fused-ring (bicyclic) bond motifs is 9. The Labute approximate surface area is 375 Å². The van der Waals surface area contributed by atoms with Crippen LogP contribution in [-0.2, 0) is 22.6 Å². The molecular weight excluding hydrogens is 773 g/mol. The first-order chi connectivity index (χ1) is 30.9. The first-order valence-electron chi connectivity index (χ1n) is 24.2. The summed E-state index contributed by atoms with van der Waals surface area (Å²) in [7, 11) is 0. The molecule has 11 unspecified atom stereocenters. The molecule has 11 atom stereocenters. The number of ether oxygens (including phenoxy) is 2. The fraction of sp³-hybridized carbons (Fsp3) is 0.439. The van der Waals surface area contributed by atoms with E-state index in [2.05, 4.69) is 131 Å². The largest absolute Gasteiger partial charge is 0.363 e. The van der Waals surface area contributed by atoms with E-state index >= 15 is 0 Å². The topological polar surface area (TPSA) is 44.2 Å². The number of hydrogen-bond acceptors (Lipinski definition) is 4. The molecule has 0 radical (unpaired) electrons. The molecule has 6 aliphatic heterocycles. The van der Waals surface area contributed by atoms with E-state index in [1.54, 1.807) is 0 Å². The van der Waals surface area contributed by atoms with Gasteiger partial charge >= 0.3 is 0 Å². The first-order valence-corrected chi connectivity index (χ1v) is 24.2. The molecule has 4 aromatic carbocycles. The summed E-state index contributed by atoms with van der Waals surface area (Å²) in [6.07, 6.45) is 14.0.